The van der Waals surface area contributed by atoms with Crippen LogP contribution in [-0.2, 0) is 17.8 Å². The van der Waals surface area contributed by atoms with Crippen molar-refractivity contribution < 1.29 is 9.90 Å². The normalized spacial score (nSPS) is 11.0. The summed E-state index contributed by atoms with van der Waals surface area (Å²) in [6.07, 6.45) is 0.0879. The van der Waals surface area contributed by atoms with Gasteiger partial charge in [0.15, 0.2) is 0 Å². The molecule has 0 saturated carbocycles. The van der Waals surface area contributed by atoms with Crippen LogP contribution in [0.25, 0.3) is 22.2 Å². The summed E-state index contributed by atoms with van der Waals surface area (Å²) in [6, 6.07) is 11.6. The molecule has 0 aliphatic heterocycles. The van der Waals surface area contributed by atoms with E-state index in [1.54, 1.807) is 4.57 Å². The van der Waals surface area contributed by atoms with Crippen LogP contribution in [0.1, 0.15) is 24.6 Å². The fourth-order valence-electron chi connectivity index (χ4n) is 3.20. The number of benzene rings is 1. The third kappa shape index (κ3) is 3.42. The first-order chi connectivity index (χ1) is 12.4. The molecule has 0 unspecified atom stereocenters. The zero-order chi connectivity index (χ0) is 18.8. The Bertz CT molecular complexity index is 1060. The first-order valence-corrected chi connectivity index (χ1v) is 9.22. The van der Waals surface area contributed by atoms with Crippen molar-refractivity contribution in [3.05, 3.63) is 62.5 Å². The van der Waals surface area contributed by atoms with Crippen LogP contribution in [-0.4, -0.2) is 20.6 Å². The number of pyridine rings is 2. The predicted molar refractivity (Wildman–Crippen MR) is 106 cm³/mol. The van der Waals surface area contributed by atoms with Crippen LogP contribution >= 0.6 is 15.9 Å². The van der Waals surface area contributed by atoms with E-state index in [0.717, 1.165) is 26.7 Å². The summed E-state index contributed by atoms with van der Waals surface area (Å²) in [7, 11) is 0. The van der Waals surface area contributed by atoms with Gasteiger partial charge in [0.2, 0.25) is 0 Å². The second-order valence-electron chi connectivity index (χ2n) is 6.13. The summed E-state index contributed by atoms with van der Waals surface area (Å²) in [4.78, 5) is 28.8. The van der Waals surface area contributed by atoms with Crippen molar-refractivity contribution in [2.45, 2.75) is 33.2 Å². The summed E-state index contributed by atoms with van der Waals surface area (Å²) >= 11 is 3.48. The number of fused-ring (bicyclic) bond motifs is 1. The minimum Gasteiger partial charge on any atom is -0.481 e. The number of aliphatic carboxylic acids is 1. The number of hydrogen-bond acceptors (Lipinski definition) is 3. The maximum absolute atomic E-state index is 13.1. The molecule has 0 aliphatic rings. The lowest BCUT2D eigenvalue weighted by Gasteiger charge is -2.17. The molecule has 0 aliphatic carbocycles. The number of halogens is 1. The lowest BCUT2D eigenvalue weighted by molar-refractivity contribution is -0.136. The van der Waals surface area contributed by atoms with Crippen molar-refractivity contribution in [1.29, 1.82) is 0 Å². The number of carboxylic acids is 1. The lowest BCUT2D eigenvalue weighted by Crippen LogP contribution is -2.26. The monoisotopic (exact) mass is 414 g/mol. The highest BCUT2D eigenvalue weighted by atomic mass is 79.9. The van der Waals surface area contributed by atoms with Crippen LogP contribution < -0.4 is 5.56 Å². The van der Waals surface area contributed by atoms with Crippen LogP contribution in [0.3, 0.4) is 0 Å². The van der Waals surface area contributed by atoms with E-state index >= 15 is 0 Å². The van der Waals surface area contributed by atoms with Crippen molar-refractivity contribution in [3.8, 4) is 11.1 Å². The average Bonchev–Trinajstić information content (AvgIpc) is 2.59. The number of hydrogen-bond donors (Lipinski definition) is 1. The second-order valence-corrected chi connectivity index (χ2v) is 7.05. The molecule has 0 amide bonds. The van der Waals surface area contributed by atoms with E-state index in [1.807, 2.05) is 50.2 Å². The van der Waals surface area contributed by atoms with E-state index in [2.05, 4.69) is 20.9 Å². The third-order valence-corrected chi connectivity index (χ3v) is 4.86. The first-order valence-electron chi connectivity index (χ1n) is 8.43. The summed E-state index contributed by atoms with van der Waals surface area (Å²) in [5.74, 6) is -0.922. The zero-order valence-electron chi connectivity index (χ0n) is 14.6. The largest absolute Gasteiger partial charge is 0.481 e. The van der Waals surface area contributed by atoms with E-state index in [1.165, 1.54) is 0 Å². The Morgan fingerprint density at radius 2 is 2.04 bits per heavy atom. The summed E-state index contributed by atoms with van der Waals surface area (Å²) in [6.45, 7) is 4.26. The van der Waals surface area contributed by atoms with Gasteiger partial charge in [-0.05, 0) is 50.1 Å². The molecular formula is C20H19BrN2O3. The zero-order valence-corrected chi connectivity index (χ0v) is 16.2. The van der Waals surface area contributed by atoms with Gasteiger partial charge in [-0.2, -0.15) is 0 Å². The van der Waals surface area contributed by atoms with Gasteiger partial charge in [0.25, 0.3) is 5.56 Å². The summed E-state index contributed by atoms with van der Waals surface area (Å²) in [5.41, 5.74) is 3.45. The molecule has 0 atom stereocenters. The van der Waals surface area contributed by atoms with Crippen LogP contribution in [0.2, 0.25) is 0 Å². The van der Waals surface area contributed by atoms with Crippen LogP contribution in [0, 0.1) is 6.92 Å². The fraction of sp³-hybridized carbons (Fsp3) is 0.250. The van der Waals surface area contributed by atoms with Crippen LogP contribution in [0.15, 0.2) is 45.7 Å². The Morgan fingerprint density at radius 3 is 2.69 bits per heavy atom. The van der Waals surface area contributed by atoms with Crippen molar-refractivity contribution in [3.63, 3.8) is 0 Å². The number of nitrogens with zero attached hydrogens (tertiary/aromatic N) is 2. The maximum Gasteiger partial charge on any atom is 0.303 e. The third-order valence-electron chi connectivity index (χ3n) is 4.36. The number of carbonyl (C=O) groups is 1. The van der Waals surface area contributed by atoms with Gasteiger partial charge in [0.1, 0.15) is 5.65 Å². The van der Waals surface area contributed by atoms with Crippen molar-refractivity contribution >= 4 is 32.9 Å². The molecule has 1 aromatic carbocycles. The highest BCUT2D eigenvalue weighted by molar-refractivity contribution is 9.10. The molecule has 0 fully saturated rings. The molecular weight excluding hydrogens is 396 g/mol. The highest BCUT2D eigenvalue weighted by Gasteiger charge is 2.19. The number of carboxylic acid groups (broad SMARTS) is 1. The topological polar surface area (TPSA) is 72.2 Å². The van der Waals surface area contributed by atoms with Crippen molar-refractivity contribution in [2.24, 2.45) is 0 Å². The average molecular weight is 415 g/mol. The quantitative estimate of drug-likeness (QED) is 0.679. The molecule has 134 valence electrons. The Hall–Kier alpha value is -2.47. The van der Waals surface area contributed by atoms with E-state index in [-0.39, 0.29) is 18.4 Å². The smallest absolute Gasteiger partial charge is 0.303 e. The first kappa shape index (κ1) is 18.3. The molecule has 2 heterocycles. The summed E-state index contributed by atoms with van der Waals surface area (Å²) < 4.78 is 2.52. The van der Waals surface area contributed by atoms with E-state index < -0.39 is 5.97 Å². The Morgan fingerprint density at radius 1 is 1.27 bits per heavy atom. The van der Waals surface area contributed by atoms with E-state index in [0.29, 0.717) is 17.8 Å². The molecule has 2 aromatic heterocycles. The van der Waals surface area contributed by atoms with Gasteiger partial charge in [-0.15, -0.1) is 0 Å². The standard InChI is InChI=1S/C20H19BrN2O3/c1-3-23-19-15(8-7-12(2)22-19)18(13-5-4-6-14(21)11-13)16(20(23)26)9-10-17(24)25/h4-8,11H,3,9-10H2,1-2H3,(H,24,25). The van der Waals surface area contributed by atoms with Crippen LogP contribution in [0.5, 0.6) is 0 Å². The van der Waals surface area contributed by atoms with Crippen LogP contribution in [0.4, 0.5) is 0 Å². The highest BCUT2D eigenvalue weighted by Crippen LogP contribution is 2.32. The van der Waals surface area contributed by atoms with Gasteiger partial charge < -0.3 is 5.11 Å². The molecule has 0 bridgehead atoms. The Labute approximate surface area is 159 Å². The fourth-order valence-corrected chi connectivity index (χ4v) is 3.60. The minimum absolute atomic E-state index is 0.0925. The van der Waals surface area contributed by atoms with Gasteiger partial charge >= 0.3 is 5.97 Å². The molecule has 0 spiro atoms. The maximum atomic E-state index is 13.1. The van der Waals surface area contributed by atoms with E-state index in [9.17, 15) is 9.59 Å². The Kier molecular flexibility index (Phi) is 5.23. The molecule has 3 aromatic rings. The summed E-state index contributed by atoms with van der Waals surface area (Å²) in [5, 5.41) is 9.98. The van der Waals surface area contributed by atoms with E-state index in [4.69, 9.17) is 5.11 Å². The molecule has 1 N–H and O–H groups in total. The van der Waals surface area contributed by atoms with Gasteiger partial charge in [-0.1, -0.05) is 28.1 Å². The number of rotatable bonds is 5. The van der Waals surface area contributed by atoms with Gasteiger partial charge in [0.05, 0.1) is 0 Å². The molecule has 0 saturated heterocycles. The van der Waals surface area contributed by atoms with Gasteiger partial charge in [-0.25, -0.2) is 4.98 Å². The van der Waals surface area contributed by atoms with Gasteiger partial charge in [0, 0.05) is 39.6 Å². The molecule has 3 rings (SSSR count). The molecule has 26 heavy (non-hydrogen) atoms. The van der Waals surface area contributed by atoms with Gasteiger partial charge in [-0.3, -0.25) is 14.2 Å². The Balaban J connectivity index is 2.43. The minimum atomic E-state index is -0.922. The van der Waals surface area contributed by atoms with Crippen molar-refractivity contribution in [1.82, 2.24) is 9.55 Å². The van der Waals surface area contributed by atoms with Crippen molar-refractivity contribution in [2.75, 3.05) is 0 Å². The lowest BCUT2D eigenvalue weighted by atomic mass is 9.94. The molecule has 6 heteroatoms. The second kappa shape index (κ2) is 7.41. The molecule has 0 radical (unpaired) electrons. The molecule has 5 nitrogen and oxygen atoms in total. The number of aryl methyl sites for hydroxylation is 2. The predicted octanol–water partition coefficient (Wildman–Crippen LogP) is 4.17. The SMILES string of the molecule is CCn1c(=O)c(CCC(=O)O)c(-c2cccc(Br)c2)c2ccc(C)nc21. The number of aromatic nitrogens is 2.